The van der Waals surface area contributed by atoms with E-state index in [1.165, 1.54) is 10.9 Å². The Labute approximate surface area is 115 Å². The largest absolute Gasteiger partial charge is 0.408 e. The topological polar surface area (TPSA) is 90.1 Å². The van der Waals surface area contributed by atoms with Crippen LogP contribution >= 0.6 is 11.6 Å². The number of hydrogen-bond acceptors (Lipinski definition) is 4. The third-order valence-electron chi connectivity index (χ3n) is 3.16. The van der Waals surface area contributed by atoms with Gasteiger partial charge >= 0.3 is 5.82 Å². The van der Waals surface area contributed by atoms with Crippen LogP contribution in [0.25, 0.3) is 0 Å². The molecule has 0 aliphatic heterocycles. The van der Waals surface area contributed by atoms with Crippen LogP contribution in [-0.2, 0) is 11.3 Å². The molecule has 0 atom stereocenters. The van der Waals surface area contributed by atoms with Gasteiger partial charge in [0.05, 0.1) is 17.8 Å². The van der Waals surface area contributed by atoms with Gasteiger partial charge in [0.2, 0.25) is 5.91 Å². The maximum Gasteiger partial charge on any atom is 0.408 e. The summed E-state index contributed by atoms with van der Waals surface area (Å²) in [7, 11) is 0. The fourth-order valence-electron chi connectivity index (χ4n) is 2.21. The molecule has 1 saturated carbocycles. The van der Waals surface area contributed by atoms with Crippen molar-refractivity contribution in [3.8, 4) is 0 Å². The molecule has 104 valence electrons. The van der Waals surface area contributed by atoms with Gasteiger partial charge in [-0.2, -0.15) is 4.68 Å². The molecule has 1 aliphatic rings. The van der Waals surface area contributed by atoms with E-state index in [-0.39, 0.29) is 35.8 Å². The summed E-state index contributed by atoms with van der Waals surface area (Å²) in [5.41, 5.74) is 0. The summed E-state index contributed by atoms with van der Waals surface area (Å²) in [5, 5.41) is 17.2. The second kappa shape index (κ2) is 6.01. The van der Waals surface area contributed by atoms with Crippen LogP contribution in [0, 0.1) is 10.1 Å². The summed E-state index contributed by atoms with van der Waals surface area (Å²) >= 11 is 5.67. The van der Waals surface area contributed by atoms with Gasteiger partial charge in [-0.1, -0.05) is 24.4 Å². The SMILES string of the molecule is O=C(CCn1cc(Cl)c([N+](=O)[O-])n1)NC1CCCC1. The Balaban J connectivity index is 1.82. The van der Waals surface area contributed by atoms with E-state index in [0.717, 1.165) is 25.7 Å². The Bertz CT molecular complexity index is 482. The molecule has 2 rings (SSSR count). The van der Waals surface area contributed by atoms with Crippen LogP contribution in [0.2, 0.25) is 5.02 Å². The van der Waals surface area contributed by atoms with Crippen molar-refractivity contribution in [1.29, 1.82) is 0 Å². The maximum atomic E-state index is 11.7. The van der Waals surface area contributed by atoms with Crippen LogP contribution in [0.3, 0.4) is 0 Å². The van der Waals surface area contributed by atoms with Crippen molar-refractivity contribution < 1.29 is 9.72 Å². The van der Waals surface area contributed by atoms with Crippen molar-refractivity contribution in [2.24, 2.45) is 0 Å². The number of carbonyl (C=O) groups excluding carboxylic acids is 1. The van der Waals surface area contributed by atoms with Gasteiger partial charge < -0.3 is 15.4 Å². The molecule has 1 amide bonds. The Hall–Kier alpha value is -1.63. The smallest absolute Gasteiger partial charge is 0.358 e. The number of hydrogen-bond donors (Lipinski definition) is 1. The van der Waals surface area contributed by atoms with Crippen molar-refractivity contribution in [2.45, 2.75) is 44.7 Å². The van der Waals surface area contributed by atoms with Gasteiger partial charge in [0.15, 0.2) is 5.02 Å². The van der Waals surface area contributed by atoms with Gasteiger partial charge in [0.25, 0.3) is 0 Å². The highest BCUT2D eigenvalue weighted by molar-refractivity contribution is 6.32. The van der Waals surface area contributed by atoms with Crippen molar-refractivity contribution in [2.75, 3.05) is 0 Å². The van der Waals surface area contributed by atoms with E-state index in [1.807, 2.05) is 0 Å². The number of carbonyl (C=O) groups is 1. The molecule has 0 bridgehead atoms. The maximum absolute atomic E-state index is 11.7. The molecule has 1 aromatic heterocycles. The fourth-order valence-corrected chi connectivity index (χ4v) is 2.43. The molecule has 0 spiro atoms. The molecule has 0 unspecified atom stereocenters. The number of halogens is 1. The van der Waals surface area contributed by atoms with Gasteiger partial charge in [0.1, 0.15) is 0 Å². The zero-order valence-corrected chi connectivity index (χ0v) is 11.1. The van der Waals surface area contributed by atoms with E-state index in [4.69, 9.17) is 11.6 Å². The van der Waals surface area contributed by atoms with Crippen molar-refractivity contribution in [3.05, 3.63) is 21.3 Å². The highest BCUT2D eigenvalue weighted by Gasteiger charge is 2.20. The number of rotatable bonds is 5. The first kappa shape index (κ1) is 13.8. The van der Waals surface area contributed by atoms with Gasteiger partial charge in [-0.05, 0) is 17.8 Å². The zero-order valence-electron chi connectivity index (χ0n) is 10.3. The molecule has 19 heavy (non-hydrogen) atoms. The third kappa shape index (κ3) is 3.66. The van der Waals surface area contributed by atoms with E-state index in [1.54, 1.807) is 0 Å². The van der Waals surface area contributed by atoms with E-state index < -0.39 is 4.92 Å². The van der Waals surface area contributed by atoms with Crippen LogP contribution in [0.5, 0.6) is 0 Å². The molecule has 0 aromatic carbocycles. The number of aromatic nitrogens is 2. The lowest BCUT2D eigenvalue weighted by atomic mass is 10.2. The molecule has 1 fully saturated rings. The van der Waals surface area contributed by atoms with Crippen LogP contribution in [0.4, 0.5) is 5.82 Å². The first-order valence-corrected chi connectivity index (χ1v) is 6.61. The summed E-state index contributed by atoms with van der Waals surface area (Å²) < 4.78 is 1.33. The summed E-state index contributed by atoms with van der Waals surface area (Å²) in [5.74, 6) is -0.431. The number of nitrogens with one attached hydrogen (secondary N) is 1. The predicted octanol–water partition coefficient (Wildman–Crippen LogP) is 1.89. The summed E-state index contributed by atoms with van der Waals surface area (Å²) in [6.45, 7) is 0.284. The monoisotopic (exact) mass is 286 g/mol. The minimum Gasteiger partial charge on any atom is -0.358 e. The molecular formula is C11H15ClN4O3. The van der Waals surface area contributed by atoms with Gasteiger partial charge in [-0.3, -0.25) is 4.79 Å². The Kier molecular flexibility index (Phi) is 4.36. The summed E-state index contributed by atoms with van der Waals surface area (Å²) in [4.78, 5) is 21.6. The van der Waals surface area contributed by atoms with Gasteiger partial charge in [-0.25, -0.2) is 0 Å². The van der Waals surface area contributed by atoms with E-state index in [9.17, 15) is 14.9 Å². The number of aryl methyl sites for hydroxylation is 1. The predicted molar refractivity (Wildman–Crippen MR) is 68.9 cm³/mol. The molecule has 1 N–H and O–H groups in total. The first-order chi connectivity index (χ1) is 9.06. The molecular weight excluding hydrogens is 272 g/mol. The molecule has 1 aromatic rings. The molecule has 0 radical (unpaired) electrons. The number of amides is 1. The first-order valence-electron chi connectivity index (χ1n) is 6.23. The fraction of sp³-hybridized carbons (Fsp3) is 0.636. The van der Waals surface area contributed by atoms with Crippen LogP contribution in [0.15, 0.2) is 6.20 Å². The molecule has 1 aliphatic carbocycles. The van der Waals surface area contributed by atoms with Crippen molar-refractivity contribution in [3.63, 3.8) is 0 Å². The van der Waals surface area contributed by atoms with E-state index in [0.29, 0.717) is 0 Å². The average molecular weight is 287 g/mol. The van der Waals surface area contributed by atoms with Crippen LogP contribution < -0.4 is 5.32 Å². The summed E-state index contributed by atoms with van der Waals surface area (Å²) in [6, 6.07) is 0.281. The lowest BCUT2D eigenvalue weighted by molar-refractivity contribution is -0.389. The highest BCUT2D eigenvalue weighted by atomic mass is 35.5. The minimum absolute atomic E-state index is 0.0128. The Morgan fingerprint density at radius 3 is 2.84 bits per heavy atom. The van der Waals surface area contributed by atoms with Crippen molar-refractivity contribution in [1.82, 2.24) is 15.1 Å². The lowest BCUT2D eigenvalue weighted by Gasteiger charge is -2.10. The van der Waals surface area contributed by atoms with E-state index >= 15 is 0 Å². The standard InChI is InChI=1S/C11H15ClN4O3/c12-9-7-15(14-11(9)16(18)19)6-5-10(17)13-8-3-1-2-4-8/h7-8H,1-6H2,(H,13,17). The van der Waals surface area contributed by atoms with Crippen LogP contribution in [0.1, 0.15) is 32.1 Å². The van der Waals surface area contributed by atoms with Crippen LogP contribution in [-0.4, -0.2) is 26.7 Å². The normalized spacial score (nSPS) is 15.6. The summed E-state index contributed by atoms with van der Waals surface area (Å²) in [6.07, 6.45) is 5.99. The Morgan fingerprint density at radius 2 is 2.26 bits per heavy atom. The molecule has 8 heteroatoms. The second-order valence-corrected chi connectivity index (χ2v) is 5.03. The number of nitrogens with zero attached hydrogens (tertiary/aromatic N) is 3. The quantitative estimate of drug-likeness (QED) is 0.661. The zero-order chi connectivity index (χ0) is 13.8. The van der Waals surface area contributed by atoms with Crippen molar-refractivity contribution >= 4 is 23.3 Å². The lowest BCUT2D eigenvalue weighted by Crippen LogP contribution is -2.33. The van der Waals surface area contributed by atoms with Gasteiger partial charge in [0, 0.05) is 12.5 Å². The van der Waals surface area contributed by atoms with Gasteiger partial charge in [-0.15, -0.1) is 0 Å². The molecule has 1 heterocycles. The highest BCUT2D eigenvalue weighted by Crippen LogP contribution is 2.21. The minimum atomic E-state index is -0.641. The second-order valence-electron chi connectivity index (χ2n) is 4.62. The van der Waals surface area contributed by atoms with E-state index in [2.05, 4.69) is 10.4 Å². The molecule has 0 saturated heterocycles. The number of nitro groups is 1. The average Bonchev–Trinajstić information content (AvgIpc) is 2.96. The third-order valence-corrected chi connectivity index (χ3v) is 3.43. The Morgan fingerprint density at radius 1 is 1.58 bits per heavy atom. The molecule has 7 nitrogen and oxygen atoms in total.